The number of hydrogen-bond donors (Lipinski definition) is 3. The number of ether oxygens (including phenoxy) is 1. The maximum atomic E-state index is 13.7. The number of anilines is 1. The fourth-order valence-electron chi connectivity index (χ4n) is 4.67. The predicted molar refractivity (Wildman–Crippen MR) is 170 cm³/mol. The van der Waals surface area contributed by atoms with Gasteiger partial charge in [0.05, 0.1) is 18.2 Å². The molecular formula is C29H29F3IN5O5S. The lowest BCUT2D eigenvalue weighted by molar-refractivity contribution is -0.140. The van der Waals surface area contributed by atoms with E-state index in [1.807, 2.05) is 36.4 Å². The molecule has 3 heterocycles. The zero-order valence-electron chi connectivity index (χ0n) is 24.0. The number of esters is 1. The summed E-state index contributed by atoms with van der Waals surface area (Å²) >= 11 is 2.64. The first-order valence-corrected chi connectivity index (χ1v) is 15.7. The van der Waals surface area contributed by atoms with Crippen molar-refractivity contribution in [3.8, 4) is 21.7 Å². The molecule has 0 aliphatic heterocycles. The minimum atomic E-state index is -4.67. The van der Waals surface area contributed by atoms with Crippen molar-refractivity contribution in [2.45, 2.75) is 44.0 Å². The van der Waals surface area contributed by atoms with Crippen LogP contribution in [0.15, 0.2) is 46.8 Å². The van der Waals surface area contributed by atoms with Gasteiger partial charge in [-0.15, -0.1) is 11.3 Å². The first kappa shape index (κ1) is 33.3. The molecule has 0 saturated carbocycles. The van der Waals surface area contributed by atoms with Crippen LogP contribution in [-0.4, -0.2) is 48.9 Å². The summed E-state index contributed by atoms with van der Waals surface area (Å²) in [4.78, 5) is 46.7. The predicted octanol–water partition coefficient (Wildman–Crippen LogP) is 6.47. The zero-order valence-corrected chi connectivity index (χ0v) is 27.0. The average Bonchev–Trinajstić information content (AvgIpc) is 3.45. The van der Waals surface area contributed by atoms with Crippen LogP contribution in [0.4, 0.5) is 23.8 Å². The smallest absolute Gasteiger partial charge is 0.434 e. The number of aliphatic hydroxyl groups excluding tert-OH is 1. The Bertz CT molecular complexity index is 1750. The van der Waals surface area contributed by atoms with Gasteiger partial charge in [0.2, 0.25) is 5.43 Å². The summed E-state index contributed by atoms with van der Waals surface area (Å²) in [5.74, 6) is -0.854. The third-order valence-corrected chi connectivity index (χ3v) is 8.24. The highest BCUT2D eigenvalue weighted by molar-refractivity contribution is 14.1. The number of benzene rings is 1. The van der Waals surface area contributed by atoms with Gasteiger partial charge in [-0.2, -0.15) is 13.2 Å². The van der Waals surface area contributed by atoms with E-state index in [2.05, 4.69) is 20.6 Å². The Kier molecular flexibility index (Phi) is 10.3. The van der Waals surface area contributed by atoms with Gasteiger partial charge in [0.25, 0.3) is 0 Å². The van der Waals surface area contributed by atoms with Crippen molar-refractivity contribution >= 4 is 62.6 Å². The molecule has 234 valence electrons. The van der Waals surface area contributed by atoms with Gasteiger partial charge in [-0.3, -0.25) is 10.1 Å². The van der Waals surface area contributed by atoms with Crippen LogP contribution in [0, 0.1) is 5.92 Å². The number of fused-ring (bicyclic) bond motifs is 1. The summed E-state index contributed by atoms with van der Waals surface area (Å²) in [5.41, 5.74) is -0.521. The van der Waals surface area contributed by atoms with Crippen LogP contribution in [-0.2, 0) is 10.9 Å². The van der Waals surface area contributed by atoms with E-state index in [9.17, 15) is 32.7 Å². The van der Waals surface area contributed by atoms with Crippen LogP contribution in [0.2, 0.25) is 0 Å². The Balaban J connectivity index is 1.98. The number of pyridine rings is 2. The van der Waals surface area contributed by atoms with Gasteiger partial charge in [0.15, 0.2) is 5.69 Å². The van der Waals surface area contributed by atoms with Crippen LogP contribution >= 0.6 is 33.9 Å². The first-order valence-electron chi connectivity index (χ1n) is 13.5. The van der Waals surface area contributed by atoms with Gasteiger partial charge in [0.1, 0.15) is 20.5 Å². The molecule has 3 N–H and O–H groups in total. The molecule has 0 spiro atoms. The molecule has 3 aromatic heterocycles. The molecule has 4 aromatic rings. The Morgan fingerprint density at radius 1 is 1.18 bits per heavy atom. The fourth-order valence-corrected chi connectivity index (χ4v) is 6.71. The SMILES string of the molecule is CCNC(=O)Nc1cc(-c2nc(C(F)(F)F)cs2)c(-c2ccc3c(c2)c(=O)c(C(=O)OCC)cn3C(C(C)C)C(O)I)cn1. The Labute approximate surface area is 267 Å². The number of urea groups is 1. The fraction of sp³-hybridized carbons (Fsp3) is 0.345. The molecule has 4 rings (SSSR count). The third kappa shape index (κ3) is 7.04. The van der Waals surface area contributed by atoms with E-state index in [0.29, 0.717) is 23.2 Å². The van der Waals surface area contributed by atoms with Gasteiger partial charge in [0, 0.05) is 40.8 Å². The van der Waals surface area contributed by atoms with Crippen LogP contribution in [0.1, 0.15) is 49.8 Å². The molecule has 0 aliphatic rings. The molecule has 0 radical (unpaired) electrons. The Hall–Kier alpha value is -3.57. The Morgan fingerprint density at radius 3 is 2.50 bits per heavy atom. The summed E-state index contributed by atoms with van der Waals surface area (Å²) in [7, 11) is 0. The maximum absolute atomic E-state index is 13.7. The third-order valence-electron chi connectivity index (χ3n) is 6.63. The van der Waals surface area contributed by atoms with Crippen LogP contribution < -0.4 is 16.1 Å². The topological polar surface area (TPSA) is 135 Å². The van der Waals surface area contributed by atoms with Crippen molar-refractivity contribution in [1.82, 2.24) is 19.9 Å². The average molecular weight is 744 g/mol. The van der Waals surface area contributed by atoms with Gasteiger partial charge < -0.3 is 19.7 Å². The number of thiazole rings is 1. The minimum Gasteiger partial charge on any atom is -0.462 e. The number of carbonyl (C=O) groups excluding carboxylic acids is 2. The van der Waals surface area contributed by atoms with Crippen LogP contribution in [0.3, 0.4) is 0 Å². The summed E-state index contributed by atoms with van der Waals surface area (Å²) in [6.07, 6.45) is -1.92. The lowest BCUT2D eigenvalue weighted by atomic mass is 9.98. The minimum absolute atomic E-state index is 0.0133. The first-order chi connectivity index (χ1) is 20.8. The highest BCUT2D eigenvalue weighted by atomic mass is 127. The molecule has 0 saturated heterocycles. The molecule has 10 nitrogen and oxygen atoms in total. The van der Waals surface area contributed by atoms with Gasteiger partial charge >= 0.3 is 18.2 Å². The second kappa shape index (κ2) is 13.6. The van der Waals surface area contributed by atoms with E-state index in [-0.39, 0.29) is 39.9 Å². The number of rotatable bonds is 9. The van der Waals surface area contributed by atoms with E-state index in [1.54, 1.807) is 30.5 Å². The van der Waals surface area contributed by atoms with Crippen molar-refractivity contribution < 1.29 is 32.6 Å². The summed E-state index contributed by atoms with van der Waals surface area (Å²) in [6.45, 7) is 7.51. The summed E-state index contributed by atoms with van der Waals surface area (Å²) in [6, 6.07) is 5.15. The van der Waals surface area contributed by atoms with Crippen LogP contribution in [0.25, 0.3) is 32.6 Å². The molecule has 44 heavy (non-hydrogen) atoms. The number of aromatic nitrogens is 3. The van der Waals surface area contributed by atoms with Crippen molar-refractivity contribution in [1.29, 1.82) is 0 Å². The zero-order chi connectivity index (χ0) is 32.3. The lowest BCUT2D eigenvalue weighted by Gasteiger charge is -2.28. The largest absolute Gasteiger partial charge is 0.462 e. The van der Waals surface area contributed by atoms with E-state index < -0.39 is 39.5 Å². The number of hydrogen-bond acceptors (Lipinski definition) is 8. The molecule has 0 bridgehead atoms. The quantitative estimate of drug-likeness (QED) is 0.102. The van der Waals surface area contributed by atoms with Gasteiger partial charge in [-0.1, -0.05) is 19.9 Å². The molecule has 2 amide bonds. The van der Waals surface area contributed by atoms with E-state index >= 15 is 0 Å². The number of aliphatic hydroxyl groups is 1. The number of amides is 2. The molecule has 0 aliphatic carbocycles. The van der Waals surface area contributed by atoms with E-state index in [1.165, 1.54) is 24.5 Å². The van der Waals surface area contributed by atoms with Gasteiger partial charge in [-0.25, -0.2) is 19.6 Å². The number of halogens is 4. The highest BCUT2D eigenvalue weighted by Gasteiger charge is 2.34. The van der Waals surface area contributed by atoms with Crippen LogP contribution in [0.5, 0.6) is 0 Å². The highest BCUT2D eigenvalue weighted by Crippen LogP contribution is 2.39. The number of alkyl halides is 4. The van der Waals surface area contributed by atoms with E-state index in [4.69, 9.17) is 4.74 Å². The van der Waals surface area contributed by atoms with Gasteiger partial charge in [-0.05, 0) is 66.1 Å². The second-order valence-electron chi connectivity index (χ2n) is 9.97. The summed E-state index contributed by atoms with van der Waals surface area (Å²) in [5, 5.41) is 16.8. The number of nitrogens with zero attached hydrogens (tertiary/aromatic N) is 3. The monoisotopic (exact) mass is 743 g/mol. The maximum Gasteiger partial charge on any atom is 0.434 e. The van der Waals surface area contributed by atoms with Crippen molar-refractivity contribution in [2.75, 3.05) is 18.5 Å². The normalized spacial score (nSPS) is 13.1. The number of carbonyl (C=O) groups is 2. The molecule has 1 aromatic carbocycles. The van der Waals surface area contributed by atoms with Crippen molar-refractivity contribution in [3.05, 3.63) is 63.5 Å². The molecular weight excluding hydrogens is 714 g/mol. The summed E-state index contributed by atoms with van der Waals surface area (Å²) < 4.78 is 46.3. The molecule has 2 unspecified atom stereocenters. The lowest BCUT2D eigenvalue weighted by Crippen LogP contribution is -2.28. The van der Waals surface area contributed by atoms with Crippen molar-refractivity contribution in [2.24, 2.45) is 5.92 Å². The van der Waals surface area contributed by atoms with E-state index in [0.717, 1.165) is 16.7 Å². The molecule has 0 fully saturated rings. The van der Waals surface area contributed by atoms with Crippen molar-refractivity contribution in [3.63, 3.8) is 0 Å². The molecule has 15 heteroatoms. The molecule has 2 atom stereocenters. The standard InChI is InChI=1S/C29H29F3IN5O5S/c1-5-34-28(42)37-22-10-16(26-36-21(13-44-26)29(30,31)32)18(11-35-22)15-7-8-20-17(9-15)24(39)19(27(41)43-6-2)12-38(20)23(14(3)4)25(33)40/h7-14,23,25,40H,5-6H2,1-4H3,(H2,34,35,37,42). The number of nitrogens with one attached hydrogen (secondary N) is 2. The second-order valence-corrected chi connectivity index (χ2v) is 12.1. The Morgan fingerprint density at radius 2 is 1.91 bits per heavy atom.